The lowest BCUT2D eigenvalue weighted by atomic mass is 9.86. The summed E-state index contributed by atoms with van der Waals surface area (Å²) in [6, 6.07) is 25.9. The van der Waals surface area contributed by atoms with Gasteiger partial charge in [-0.2, -0.15) is 0 Å². The van der Waals surface area contributed by atoms with Gasteiger partial charge in [0.25, 0.3) is 18.1 Å². The number of ether oxygens (including phenoxy) is 4. The van der Waals surface area contributed by atoms with Crippen LogP contribution in [0.1, 0.15) is 105 Å². The average Bonchev–Trinajstić information content (AvgIpc) is 3.05. The number of hydrogen-bond donors (Lipinski definition) is 0. The van der Waals surface area contributed by atoms with Crippen LogP contribution in [0.5, 0.6) is 23.0 Å². The van der Waals surface area contributed by atoms with Crippen LogP contribution in [-0.4, -0.2) is 46.5 Å². The standard InChI is InChI=1S/C44H60O5Si2/c1-41(2,3)29-21-17-25-33(37(29)45-13)50(34-26-18-22-30(38(34)46-14)42(4,5)6)49-51(35-27-19-23-31(39(35)47-15)43(7,8)9)36-28-20-24-32(40(36)48-16)44(10,11)12/h17-28H,1-16H3. The monoisotopic (exact) mass is 724 g/mol. The minimum atomic E-state index is -2.10. The SMILES string of the molecule is COc1c([Si](O[Si](c2cccc(C(C)(C)C)c2OC)c2cccc(C(C)(C)C)c2OC)c2cccc(C(C)(C)C)c2OC)cccc1C(C)(C)C. The van der Waals surface area contributed by atoms with E-state index in [0.29, 0.717) is 0 Å². The van der Waals surface area contributed by atoms with Crippen molar-refractivity contribution in [2.24, 2.45) is 0 Å². The molecule has 0 unspecified atom stereocenters. The van der Waals surface area contributed by atoms with Gasteiger partial charge in [0.1, 0.15) is 23.0 Å². The highest BCUT2D eigenvalue weighted by atomic mass is 28.4. The summed E-state index contributed by atoms with van der Waals surface area (Å²) in [6.07, 6.45) is 0. The third-order valence-corrected chi connectivity index (χ3v) is 14.5. The van der Waals surface area contributed by atoms with Crippen molar-refractivity contribution in [2.75, 3.05) is 28.4 Å². The summed E-state index contributed by atoms with van der Waals surface area (Å²) in [7, 11) is 2.89. The quantitative estimate of drug-likeness (QED) is 0.156. The van der Waals surface area contributed by atoms with Gasteiger partial charge in [0, 0.05) is 20.7 Å². The maximum Gasteiger partial charge on any atom is 0.280 e. The van der Waals surface area contributed by atoms with Gasteiger partial charge in [-0.25, -0.2) is 0 Å². The summed E-state index contributed by atoms with van der Waals surface area (Å²) < 4.78 is 33.3. The Bertz CT molecular complexity index is 1560. The van der Waals surface area contributed by atoms with Crippen molar-refractivity contribution in [3.05, 3.63) is 95.1 Å². The molecule has 0 saturated carbocycles. The molecular formula is C44H60O5Si2. The van der Waals surface area contributed by atoms with Gasteiger partial charge in [-0.15, -0.1) is 0 Å². The Morgan fingerprint density at radius 2 is 0.529 bits per heavy atom. The molecule has 0 aliphatic rings. The smallest absolute Gasteiger partial charge is 0.280 e. The fourth-order valence-corrected chi connectivity index (χ4v) is 12.6. The van der Waals surface area contributed by atoms with E-state index in [-0.39, 0.29) is 21.7 Å². The highest BCUT2D eigenvalue weighted by Crippen LogP contribution is 2.35. The van der Waals surface area contributed by atoms with Gasteiger partial charge in [0.2, 0.25) is 0 Å². The molecule has 0 fully saturated rings. The lowest BCUT2D eigenvalue weighted by molar-refractivity contribution is 0.397. The van der Waals surface area contributed by atoms with Crippen LogP contribution in [0, 0.1) is 0 Å². The minimum absolute atomic E-state index is 0.159. The normalized spacial score (nSPS) is 12.7. The van der Waals surface area contributed by atoms with Crippen LogP contribution in [0.4, 0.5) is 0 Å². The molecular weight excluding hydrogens is 665 g/mol. The van der Waals surface area contributed by atoms with Gasteiger partial charge in [-0.05, 0) is 43.9 Å². The summed E-state index contributed by atoms with van der Waals surface area (Å²) in [5, 5.41) is 4.16. The Kier molecular flexibility index (Phi) is 12.0. The van der Waals surface area contributed by atoms with Gasteiger partial charge in [0.05, 0.1) is 28.4 Å². The van der Waals surface area contributed by atoms with Crippen LogP contribution in [0.3, 0.4) is 0 Å². The topological polar surface area (TPSA) is 46.2 Å². The predicted octanol–water partition coefficient (Wildman–Crippen LogP) is 7.84. The molecule has 0 aliphatic carbocycles. The molecule has 0 aliphatic heterocycles. The first-order chi connectivity index (χ1) is 23.7. The number of benzene rings is 4. The van der Waals surface area contributed by atoms with Crippen LogP contribution in [0.15, 0.2) is 72.8 Å². The Labute approximate surface area is 312 Å². The lowest BCUT2D eigenvalue weighted by Crippen LogP contribution is -2.57. The van der Waals surface area contributed by atoms with E-state index in [1.165, 1.54) is 0 Å². The largest absolute Gasteiger partial charge is 0.496 e. The molecule has 0 spiro atoms. The molecule has 0 atom stereocenters. The van der Waals surface area contributed by atoms with E-state index in [9.17, 15) is 0 Å². The van der Waals surface area contributed by atoms with Crippen LogP contribution >= 0.6 is 0 Å². The second-order valence-electron chi connectivity index (χ2n) is 17.3. The first-order valence-corrected chi connectivity index (χ1v) is 20.7. The molecule has 51 heavy (non-hydrogen) atoms. The summed E-state index contributed by atoms with van der Waals surface area (Å²) in [5.41, 5.74) is 3.89. The van der Waals surface area contributed by atoms with E-state index in [4.69, 9.17) is 23.1 Å². The van der Waals surface area contributed by atoms with Crippen molar-refractivity contribution in [1.82, 2.24) is 0 Å². The van der Waals surface area contributed by atoms with Crippen LogP contribution in [0.2, 0.25) is 0 Å². The van der Waals surface area contributed by atoms with Crippen LogP contribution in [-0.2, 0) is 25.8 Å². The van der Waals surface area contributed by atoms with Gasteiger partial charge < -0.3 is 23.1 Å². The lowest BCUT2D eigenvalue weighted by Gasteiger charge is -2.32. The summed E-state index contributed by atoms with van der Waals surface area (Å²) in [4.78, 5) is 0. The number of methoxy groups -OCH3 is 4. The summed E-state index contributed by atoms with van der Waals surface area (Å²) >= 11 is 0. The molecule has 4 aromatic rings. The maximum atomic E-state index is 7.92. The van der Waals surface area contributed by atoms with Gasteiger partial charge in [-0.1, -0.05) is 156 Å². The third-order valence-electron chi connectivity index (χ3n) is 9.29. The van der Waals surface area contributed by atoms with Crippen molar-refractivity contribution in [2.45, 2.75) is 105 Å². The minimum Gasteiger partial charge on any atom is -0.496 e. The van der Waals surface area contributed by atoms with E-state index >= 15 is 0 Å². The highest BCUT2D eigenvalue weighted by molar-refractivity contribution is 6.93. The Balaban J connectivity index is 2.20. The predicted molar refractivity (Wildman–Crippen MR) is 218 cm³/mol. The Hall–Kier alpha value is -3.53. The van der Waals surface area contributed by atoms with Gasteiger partial charge in [0.15, 0.2) is 0 Å². The van der Waals surface area contributed by atoms with Crippen LogP contribution < -0.4 is 39.7 Å². The van der Waals surface area contributed by atoms with Crippen molar-refractivity contribution in [3.63, 3.8) is 0 Å². The molecule has 0 bridgehead atoms. The maximum absolute atomic E-state index is 7.92. The first-order valence-electron chi connectivity index (χ1n) is 17.8. The average molecular weight is 725 g/mol. The second kappa shape index (κ2) is 15.2. The third kappa shape index (κ3) is 8.42. The molecule has 274 valence electrons. The zero-order valence-corrected chi connectivity index (χ0v) is 36.0. The molecule has 0 saturated heterocycles. The molecule has 5 nitrogen and oxygen atoms in total. The number of hydrogen-bond acceptors (Lipinski definition) is 5. The summed E-state index contributed by atoms with van der Waals surface area (Å²) in [6.45, 7) is 26.7. The van der Waals surface area contributed by atoms with E-state index in [2.05, 4.69) is 156 Å². The van der Waals surface area contributed by atoms with E-state index in [0.717, 1.165) is 66.0 Å². The molecule has 0 aromatic heterocycles. The Morgan fingerprint density at radius 1 is 0.333 bits per heavy atom. The van der Waals surface area contributed by atoms with Gasteiger partial charge >= 0.3 is 0 Å². The molecule has 0 N–H and O–H groups in total. The van der Waals surface area contributed by atoms with Crippen molar-refractivity contribution >= 4 is 38.8 Å². The molecule has 7 heteroatoms. The zero-order valence-electron chi connectivity index (χ0n) is 34.0. The summed E-state index contributed by atoms with van der Waals surface area (Å²) in [5.74, 6) is 3.42. The molecule has 0 heterocycles. The molecule has 0 amide bonds. The number of rotatable bonds is 10. The van der Waals surface area contributed by atoms with E-state index < -0.39 is 18.1 Å². The fourth-order valence-electron chi connectivity index (χ4n) is 6.72. The molecule has 4 rings (SSSR count). The van der Waals surface area contributed by atoms with Crippen molar-refractivity contribution in [3.8, 4) is 23.0 Å². The fraction of sp³-hybridized carbons (Fsp3) is 0.455. The molecule has 4 aromatic carbocycles. The highest BCUT2D eigenvalue weighted by Gasteiger charge is 2.39. The second-order valence-corrected chi connectivity index (χ2v) is 21.6. The van der Waals surface area contributed by atoms with Crippen molar-refractivity contribution < 1.29 is 23.1 Å². The Morgan fingerprint density at radius 3 is 0.686 bits per heavy atom. The molecule has 2 radical (unpaired) electrons. The van der Waals surface area contributed by atoms with E-state index in [1.807, 2.05) is 0 Å². The van der Waals surface area contributed by atoms with Crippen molar-refractivity contribution in [1.29, 1.82) is 0 Å². The van der Waals surface area contributed by atoms with E-state index in [1.54, 1.807) is 28.4 Å². The van der Waals surface area contributed by atoms with Gasteiger partial charge in [-0.3, -0.25) is 0 Å². The van der Waals surface area contributed by atoms with Crippen LogP contribution in [0.25, 0.3) is 0 Å². The first kappa shape index (κ1) is 40.2. The zero-order chi connectivity index (χ0) is 38.1. The number of para-hydroxylation sites is 4.